The Balaban J connectivity index is 2.05. The first-order valence-electron chi connectivity index (χ1n) is 4.82. The van der Waals surface area contributed by atoms with Crippen LogP contribution in [0.1, 0.15) is 24.8 Å². The predicted molar refractivity (Wildman–Crippen MR) is 55.9 cm³/mol. The highest BCUT2D eigenvalue weighted by Crippen LogP contribution is 2.37. The zero-order valence-electron chi connectivity index (χ0n) is 7.89. The fourth-order valence-corrected chi connectivity index (χ4v) is 1.76. The van der Waals surface area contributed by atoms with Crippen molar-refractivity contribution in [3.8, 4) is 0 Å². The predicted octanol–water partition coefficient (Wildman–Crippen LogP) is 2.90. The lowest BCUT2D eigenvalue weighted by Crippen LogP contribution is -2.22. The monoisotopic (exact) mass is 213 g/mol. The zero-order valence-corrected chi connectivity index (χ0v) is 8.65. The number of nitrogens with two attached hydrogens (primary N) is 1. The highest BCUT2D eigenvalue weighted by Gasteiger charge is 2.37. The van der Waals surface area contributed by atoms with Crippen molar-refractivity contribution in [3.63, 3.8) is 0 Å². The van der Waals surface area contributed by atoms with Gasteiger partial charge in [0, 0.05) is 5.54 Å². The molecule has 1 fully saturated rings. The molecule has 0 spiro atoms. The fourth-order valence-electron chi connectivity index (χ4n) is 1.54. The summed E-state index contributed by atoms with van der Waals surface area (Å²) in [5.74, 6) is -0.342. The molecule has 0 saturated heterocycles. The maximum Gasteiger partial charge on any atom is 0.142 e. The Bertz CT molecular complexity index is 347. The molecule has 1 saturated carbocycles. The molecule has 0 radical (unpaired) electrons. The standard InChI is InChI=1S/C11H13ClFN/c12-10-8(2-1-3-9(10)13)4-5-11(14)6-7-11/h1-3H,4-7,14H2. The van der Waals surface area contributed by atoms with Crippen molar-refractivity contribution in [1.29, 1.82) is 0 Å². The minimum atomic E-state index is -0.342. The molecular weight excluding hydrogens is 201 g/mol. The first-order chi connectivity index (χ1) is 6.61. The fraction of sp³-hybridized carbons (Fsp3) is 0.455. The molecular formula is C11H13ClFN. The Kier molecular flexibility index (Phi) is 2.50. The average molecular weight is 214 g/mol. The van der Waals surface area contributed by atoms with Crippen molar-refractivity contribution in [2.75, 3.05) is 0 Å². The molecule has 0 bridgehead atoms. The summed E-state index contributed by atoms with van der Waals surface area (Å²) in [6.45, 7) is 0. The van der Waals surface area contributed by atoms with Crippen molar-refractivity contribution >= 4 is 11.6 Å². The molecule has 0 amide bonds. The average Bonchev–Trinajstić information content (AvgIpc) is 2.88. The number of hydrogen-bond acceptors (Lipinski definition) is 1. The van der Waals surface area contributed by atoms with Crippen LogP contribution in [0, 0.1) is 5.82 Å². The minimum absolute atomic E-state index is 0.00957. The quantitative estimate of drug-likeness (QED) is 0.821. The third-order valence-corrected chi connectivity index (χ3v) is 3.24. The Hall–Kier alpha value is -0.600. The number of benzene rings is 1. The van der Waals surface area contributed by atoms with Gasteiger partial charge in [-0.1, -0.05) is 23.7 Å². The molecule has 1 aromatic carbocycles. The van der Waals surface area contributed by atoms with Crippen LogP contribution in [-0.4, -0.2) is 5.54 Å². The van der Waals surface area contributed by atoms with Gasteiger partial charge in [0.1, 0.15) is 5.82 Å². The van der Waals surface area contributed by atoms with Gasteiger partial charge in [-0.05, 0) is 37.3 Å². The Morgan fingerprint density at radius 3 is 2.79 bits per heavy atom. The van der Waals surface area contributed by atoms with Crippen LogP contribution in [0.3, 0.4) is 0 Å². The molecule has 1 aliphatic carbocycles. The Morgan fingerprint density at radius 2 is 2.14 bits per heavy atom. The van der Waals surface area contributed by atoms with Crippen LogP contribution in [0.2, 0.25) is 5.02 Å². The summed E-state index contributed by atoms with van der Waals surface area (Å²) < 4.78 is 13.1. The maximum absolute atomic E-state index is 13.1. The van der Waals surface area contributed by atoms with Gasteiger partial charge in [0.15, 0.2) is 0 Å². The van der Waals surface area contributed by atoms with Gasteiger partial charge in [-0.25, -0.2) is 4.39 Å². The van der Waals surface area contributed by atoms with Crippen LogP contribution >= 0.6 is 11.6 Å². The molecule has 0 heterocycles. The van der Waals surface area contributed by atoms with E-state index >= 15 is 0 Å². The van der Waals surface area contributed by atoms with E-state index in [1.165, 1.54) is 6.07 Å². The second kappa shape index (κ2) is 3.52. The minimum Gasteiger partial charge on any atom is -0.325 e. The molecule has 1 aliphatic rings. The van der Waals surface area contributed by atoms with Gasteiger partial charge in [0.05, 0.1) is 5.02 Å². The normalized spacial score (nSPS) is 18.2. The first kappa shape index (κ1) is 9.94. The van der Waals surface area contributed by atoms with Gasteiger partial charge in [0.25, 0.3) is 0 Å². The Morgan fingerprint density at radius 1 is 1.43 bits per heavy atom. The summed E-state index contributed by atoms with van der Waals surface area (Å²) in [6, 6.07) is 4.92. The van der Waals surface area contributed by atoms with Crippen molar-refractivity contribution in [2.24, 2.45) is 5.73 Å². The number of halogens is 2. The first-order valence-corrected chi connectivity index (χ1v) is 5.20. The van der Waals surface area contributed by atoms with Gasteiger partial charge < -0.3 is 5.73 Å². The lowest BCUT2D eigenvalue weighted by Gasteiger charge is -2.09. The van der Waals surface area contributed by atoms with Crippen molar-refractivity contribution < 1.29 is 4.39 Å². The molecule has 0 aliphatic heterocycles. The highest BCUT2D eigenvalue weighted by atomic mass is 35.5. The molecule has 2 N–H and O–H groups in total. The summed E-state index contributed by atoms with van der Waals surface area (Å²) >= 11 is 5.83. The van der Waals surface area contributed by atoms with Crippen LogP contribution in [0.25, 0.3) is 0 Å². The van der Waals surface area contributed by atoms with E-state index in [1.54, 1.807) is 6.07 Å². The van der Waals surface area contributed by atoms with Gasteiger partial charge in [-0.3, -0.25) is 0 Å². The van der Waals surface area contributed by atoms with Crippen LogP contribution in [0.5, 0.6) is 0 Å². The summed E-state index contributed by atoms with van der Waals surface area (Å²) in [7, 11) is 0. The van der Waals surface area contributed by atoms with E-state index < -0.39 is 0 Å². The molecule has 3 heteroatoms. The van der Waals surface area contributed by atoms with Gasteiger partial charge in [0.2, 0.25) is 0 Å². The van der Waals surface area contributed by atoms with E-state index in [9.17, 15) is 4.39 Å². The van der Waals surface area contributed by atoms with Crippen LogP contribution in [0.15, 0.2) is 18.2 Å². The van der Waals surface area contributed by atoms with Gasteiger partial charge >= 0.3 is 0 Å². The summed E-state index contributed by atoms with van der Waals surface area (Å²) in [6.07, 6.45) is 3.84. The SMILES string of the molecule is NC1(CCc2cccc(F)c2Cl)CC1. The lowest BCUT2D eigenvalue weighted by molar-refractivity contribution is 0.600. The lowest BCUT2D eigenvalue weighted by atomic mass is 10.0. The Labute approximate surface area is 88.1 Å². The van der Waals surface area contributed by atoms with E-state index in [1.807, 2.05) is 6.07 Å². The van der Waals surface area contributed by atoms with Crippen molar-refractivity contribution in [1.82, 2.24) is 0 Å². The second-order valence-corrected chi connectivity index (χ2v) is 4.45. The maximum atomic E-state index is 13.1. The van der Waals surface area contributed by atoms with E-state index in [0.29, 0.717) is 0 Å². The van der Waals surface area contributed by atoms with Gasteiger partial charge in [-0.15, -0.1) is 0 Å². The second-order valence-electron chi connectivity index (χ2n) is 4.08. The van der Waals surface area contributed by atoms with Crippen LogP contribution in [0.4, 0.5) is 4.39 Å². The van der Waals surface area contributed by atoms with E-state index in [0.717, 1.165) is 31.2 Å². The summed E-state index contributed by atoms with van der Waals surface area (Å²) in [4.78, 5) is 0. The van der Waals surface area contributed by atoms with Crippen molar-refractivity contribution in [3.05, 3.63) is 34.6 Å². The number of rotatable bonds is 3. The van der Waals surface area contributed by atoms with Crippen molar-refractivity contribution in [2.45, 2.75) is 31.2 Å². The molecule has 2 rings (SSSR count). The highest BCUT2D eigenvalue weighted by molar-refractivity contribution is 6.31. The van der Waals surface area contributed by atoms with Crippen LogP contribution < -0.4 is 5.73 Å². The van der Waals surface area contributed by atoms with Crippen LogP contribution in [-0.2, 0) is 6.42 Å². The van der Waals surface area contributed by atoms with Gasteiger partial charge in [-0.2, -0.15) is 0 Å². The number of hydrogen-bond donors (Lipinski definition) is 1. The largest absolute Gasteiger partial charge is 0.325 e. The third-order valence-electron chi connectivity index (χ3n) is 2.82. The topological polar surface area (TPSA) is 26.0 Å². The molecule has 0 atom stereocenters. The summed E-state index contributed by atoms with van der Waals surface area (Å²) in [5, 5.41) is 0.247. The van der Waals surface area contributed by atoms with E-state index in [-0.39, 0.29) is 16.4 Å². The zero-order chi connectivity index (χ0) is 10.2. The molecule has 14 heavy (non-hydrogen) atoms. The molecule has 1 aromatic rings. The number of aryl methyl sites for hydroxylation is 1. The summed E-state index contributed by atoms with van der Waals surface area (Å²) in [5.41, 5.74) is 6.82. The molecule has 1 nitrogen and oxygen atoms in total. The van der Waals surface area contributed by atoms with E-state index in [2.05, 4.69) is 0 Å². The van der Waals surface area contributed by atoms with E-state index in [4.69, 9.17) is 17.3 Å². The molecule has 0 unspecified atom stereocenters. The third kappa shape index (κ3) is 2.07. The smallest absolute Gasteiger partial charge is 0.142 e. The molecule has 76 valence electrons. The molecule has 0 aromatic heterocycles.